The Hall–Kier alpha value is -3.60. The summed E-state index contributed by atoms with van der Waals surface area (Å²) in [5.41, 5.74) is 5.90. The average molecular weight is 498 g/mol. The summed E-state index contributed by atoms with van der Waals surface area (Å²) in [5, 5.41) is 3.07. The van der Waals surface area contributed by atoms with Gasteiger partial charge in [0.2, 0.25) is 5.91 Å². The molecule has 0 saturated heterocycles. The van der Waals surface area contributed by atoms with E-state index in [1.807, 2.05) is 24.3 Å². The second kappa shape index (κ2) is 13.6. The Labute approximate surface area is 220 Å². The smallest absolute Gasteiger partial charge is 0.220 e. The van der Waals surface area contributed by atoms with Crippen molar-refractivity contribution >= 4 is 16.9 Å². The van der Waals surface area contributed by atoms with Crippen molar-refractivity contribution in [1.82, 2.24) is 14.9 Å². The van der Waals surface area contributed by atoms with Crippen LogP contribution in [-0.2, 0) is 24.2 Å². The van der Waals surface area contributed by atoms with E-state index in [4.69, 9.17) is 9.72 Å². The van der Waals surface area contributed by atoms with Crippen LogP contribution in [0.2, 0.25) is 0 Å². The predicted molar refractivity (Wildman–Crippen MR) is 151 cm³/mol. The number of carbonyl (C=O) groups excluding carboxylic acids is 1. The van der Waals surface area contributed by atoms with Crippen LogP contribution in [0.3, 0.4) is 0 Å². The summed E-state index contributed by atoms with van der Waals surface area (Å²) in [6.45, 7) is 6.50. The Balaban J connectivity index is 1.20. The van der Waals surface area contributed by atoms with Gasteiger partial charge in [-0.15, -0.1) is 0 Å². The van der Waals surface area contributed by atoms with Crippen molar-refractivity contribution in [2.24, 2.45) is 0 Å². The Morgan fingerprint density at radius 2 is 1.62 bits per heavy atom. The van der Waals surface area contributed by atoms with Crippen molar-refractivity contribution in [3.05, 3.63) is 95.3 Å². The molecule has 4 rings (SSSR count). The Morgan fingerprint density at radius 1 is 0.865 bits per heavy atom. The fourth-order valence-corrected chi connectivity index (χ4v) is 4.80. The standard InChI is InChI=1S/C32H39N3O2/c1-25-22-26(2)24-28(23-25)37-21-11-20-35-30-15-9-8-14-29(30)34-31(35)16-7-4-10-19-33-32(36)18-17-27-12-5-3-6-13-27/h3,5-6,8-9,12-15,22-24H,4,7,10-11,16-21H2,1-2H3,(H,33,36). The Morgan fingerprint density at radius 3 is 2.43 bits per heavy atom. The first-order chi connectivity index (χ1) is 18.1. The van der Waals surface area contributed by atoms with Crippen molar-refractivity contribution < 1.29 is 9.53 Å². The molecule has 0 unspecified atom stereocenters. The van der Waals surface area contributed by atoms with Gasteiger partial charge in [-0.3, -0.25) is 4.79 Å². The van der Waals surface area contributed by atoms with E-state index in [1.165, 1.54) is 22.2 Å². The maximum atomic E-state index is 12.1. The third kappa shape index (κ3) is 8.21. The molecule has 5 heteroatoms. The van der Waals surface area contributed by atoms with Gasteiger partial charge in [-0.2, -0.15) is 0 Å². The van der Waals surface area contributed by atoms with Gasteiger partial charge >= 0.3 is 0 Å². The van der Waals surface area contributed by atoms with Gasteiger partial charge in [-0.05, 0) is 80.5 Å². The van der Waals surface area contributed by atoms with Gasteiger partial charge in [0, 0.05) is 25.9 Å². The zero-order chi connectivity index (χ0) is 25.9. The van der Waals surface area contributed by atoms with Gasteiger partial charge in [0.15, 0.2) is 0 Å². The molecule has 3 aromatic carbocycles. The van der Waals surface area contributed by atoms with Gasteiger partial charge in [0.25, 0.3) is 0 Å². The van der Waals surface area contributed by atoms with Crippen molar-refractivity contribution in [1.29, 1.82) is 0 Å². The van der Waals surface area contributed by atoms with Crippen molar-refractivity contribution in [3.63, 3.8) is 0 Å². The molecule has 0 aliphatic carbocycles. The molecule has 0 bridgehead atoms. The molecule has 1 aromatic heterocycles. The van der Waals surface area contributed by atoms with Crippen LogP contribution >= 0.6 is 0 Å². The number of aromatic nitrogens is 2. The molecule has 0 spiro atoms. The number of hydrogen-bond acceptors (Lipinski definition) is 3. The topological polar surface area (TPSA) is 56.1 Å². The lowest BCUT2D eigenvalue weighted by molar-refractivity contribution is -0.121. The van der Waals surface area contributed by atoms with Crippen LogP contribution in [0, 0.1) is 13.8 Å². The molecule has 0 aliphatic rings. The summed E-state index contributed by atoms with van der Waals surface area (Å²) in [4.78, 5) is 17.1. The second-order valence-corrected chi connectivity index (χ2v) is 9.84. The number of nitrogens with zero attached hydrogens (tertiary/aromatic N) is 2. The van der Waals surface area contributed by atoms with E-state index < -0.39 is 0 Å². The van der Waals surface area contributed by atoms with Crippen LogP contribution in [0.4, 0.5) is 0 Å². The van der Waals surface area contributed by atoms with Crippen molar-refractivity contribution in [3.8, 4) is 5.75 Å². The van der Waals surface area contributed by atoms with Crippen LogP contribution in [0.5, 0.6) is 5.75 Å². The summed E-state index contributed by atoms with van der Waals surface area (Å²) in [5.74, 6) is 2.22. The first-order valence-electron chi connectivity index (χ1n) is 13.5. The summed E-state index contributed by atoms with van der Waals surface area (Å²) in [7, 11) is 0. The zero-order valence-electron chi connectivity index (χ0n) is 22.2. The number of rotatable bonds is 14. The van der Waals surface area contributed by atoms with E-state index in [2.05, 4.69) is 72.3 Å². The molecule has 0 fully saturated rings. The highest BCUT2D eigenvalue weighted by atomic mass is 16.5. The van der Waals surface area contributed by atoms with E-state index in [0.717, 1.165) is 68.7 Å². The number of carbonyl (C=O) groups is 1. The molecule has 0 saturated carbocycles. The van der Waals surface area contributed by atoms with Gasteiger partial charge in [-0.1, -0.05) is 55.0 Å². The quantitative estimate of drug-likeness (QED) is 0.200. The van der Waals surface area contributed by atoms with Crippen LogP contribution in [0.1, 0.15) is 54.6 Å². The Kier molecular flexibility index (Phi) is 9.75. The normalized spacial score (nSPS) is 11.1. The number of fused-ring (bicyclic) bond motifs is 1. The number of benzene rings is 3. The number of nitrogens with one attached hydrogen (secondary N) is 1. The molecular weight excluding hydrogens is 458 g/mol. The number of ether oxygens (including phenoxy) is 1. The molecule has 1 amide bonds. The molecule has 37 heavy (non-hydrogen) atoms. The molecule has 0 aliphatic heterocycles. The molecule has 0 radical (unpaired) electrons. The van der Waals surface area contributed by atoms with Crippen LogP contribution in [0.15, 0.2) is 72.8 Å². The van der Waals surface area contributed by atoms with Crippen molar-refractivity contribution in [2.45, 2.75) is 65.3 Å². The third-order valence-electron chi connectivity index (χ3n) is 6.61. The van der Waals surface area contributed by atoms with Gasteiger partial charge in [0.05, 0.1) is 17.6 Å². The number of imidazole rings is 1. The predicted octanol–water partition coefficient (Wildman–Crippen LogP) is 6.58. The molecule has 0 atom stereocenters. The summed E-state index contributed by atoms with van der Waals surface area (Å²) in [6.07, 6.45) is 6.31. The van der Waals surface area contributed by atoms with E-state index in [9.17, 15) is 4.79 Å². The van der Waals surface area contributed by atoms with Crippen LogP contribution in [-0.4, -0.2) is 28.6 Å². The zero-order valence-corrected chi connectivity index (χ0v) is 22.2. The number of unbranched alkanes of at least 4 members (excludes halogenated alkanes) is 2. The molecule has 5 nitrogen and oxygen atoms in total. The largest absolute Gasteiger partial charge is 0.494 e. The number of para-hydroxylation sites is 2. The summed E-state index contributed by atoms with van der Waals surface area (Å²) >= 11 is 0. The maximum absolute atomic E-state index is 12.1. The number of aryl methyl sites for hydroxylation is 5. The maximum Gasteiger partial charge on any atom is 0.220 e. The highest BCUT2D eigenvalue weighted by Gasteiger charge is 2.10. The minimum atomic E-state index is 0.133. The fraction of sp³-hybridized carbons (Fsp3) is 0.375. The van der Waals surface area contributed by atoms with Crippen LogP contribution in [0.25, 0.3) is 11.0 Å². The monoisotopic (exact) mass is 497 g/mol. The number of amides is 1. The Bertz CT molecular complexity index is 1260. The van der Waals surface area contributed by atoms with Crippen LogP contribution < -0.4 is 10.1 Å². The van der Waals surface area contributed by atoms with E-state index >= 15 is 0 Å². The number of hydrogen-bond donors (Lipinski definition) is 1. The SMILES string of the molecule is Cc1cc(C)cc(OCCCn2c(CCCCCNC(=O)CCc3ccccc3)nc3ccccc32)c1. The molecule has 194 valence electrons. The second-order valence-electron chi connectivity index (χ2n) is 9.84. The summed E-state index contributed by atoms with van der Waals surface area (Å²) in [6, 6.07) is 24.9. The molecular formula is C32H39N3O2. The molecule has 1 N–H and O–H groups in total. The minimum absolute atomic E-state index is 0.133. The lowest BCUT2D eigenvalue weighted by atomic mass is 10.1. The van der Waals surface area contributed by atoms with E-state index in [0.29, 0.717) is 13.0 Å². The van der Waals surface area contributed by atoms with E-state index in [1.54, 1.807) is 0 Å². The van der Waals surface area contributed by atoms with Gasteiger partial charge in [0.1, 0.15) is 11.6 Å². The lowest BCUT2D eigenvalue weighted by Gasteiger charge is -2.11. The molecule has 1 heterocycles. The van der Waals surface area contributed by atoms with Gasteiger partial charge < -0.3 is 14.6 Å². The minimum Gasteiger partial charge on any atom is -0.494 e. The third-order valence-corrected chi connectivity index (χ3v) is 6.61. The van der Waals surface area contributed by atoms with E-state index in [-0.39, 0.29) is 5.91 Å². The van der Waals surface area contributed by atoms with Gasteiger partial charge in [-0.25, -0.2) is 4.98 Å². The summed E-state index contributed by atoms with van der Waals surface area (Å²) < 4.78 is 8.39. The highest BCUT2D eigenvalue weighted by molar-refractivity contribution is 5.76. The lowest BCUT2D eigenvalue weighted by Crippen LogP contribution is -2.24. The molecule has 4 aromatic rings. The van der Waals surface area contributed by atoms with Crippen molar-refractivity contribution in [2.75, 3.05) is 13.2 Å². The average Bonchev–Trinajstić information content (AvgIpc) is 3.24. The highest BCUT2D eigenvalue weighted by Crippen LogP contribution is 2.20. The fourth-order valence-electron chi connectivity index (χ4n) is 4.80. The first kappa shape index (κ1) is 26.5. The first-order valence-corrected chi connectivity index (χ1v) is 13.5.